The summed E-state index contributed by atoms with van der Waals surface area (Å²) in [5.41, 5.74) is 0. The second-order valence-electron chi connectivity index (χ2n) is 23.1. The number of rotatable bonds is 63. The van der Waals surface area contributed by atoms with Crippen molar-refractivity contribution in [3.8, 4) is 0 Å². The molecule has 0 bridgehead atoms. The van der Waals surface area contributed by atoms with Gasteiger partial charge in [-0.1, -0.05) is 297 Å². The van der Waals surface area contributed by atoms with Gasteiger partial charge in [-0.15, -0.1) is 0 Å². The van der Waals surface area contributed by atoms with Crippen LogP contribution in [0.3, 0.4) is 0 Å². The first-order chi connectivity index (χ1) is 40.5. The third-order valence-electron chi connectivity index (χ3n) is 15.0. The van der Waals surface area contributed by atoms with E-state index in [1.807, 2.05) is 0 Å². The van der Waals surface area contributed by atoms with Gasteiger partial charge >= 0.3 is 17.9 Å². The van der Waals surface area contributed by atoms with Crippen LogP contribution < -0.4 is 0 Å². The molecule has 0 aliphatic rings. The van der Waals surface area contributed by atoms with E-state index in [-0.39, 0.29) is 31.1 Å². The summed E-state index contributed by atoms with van der Waals surface area (Å²) in [6, 6.07) is 0. The Hall–Kier alpha value is -3.93. The fourth-order valence-electron chi connectivity index (χ4n) is 9.77. The first-order valence-electron chi connectivity index (χ1n) is 34.9. The van der Waals surface area contributed by atoms with E-state index in [0.29, 0.717) is 19.3 Å². The van der Waals surface area contributed by atoms with E-state index in [4.69, 9.17) is 14.2 Å². The number of carbonyl (C=O) groups excluding carboxylic acids is 3. The predicted molar refractivity (Wildman–Crippen MR) is 357 cm³/mol. The number of hydrogen-bond acceptors (Lipinski definition) is 6. The first kappa shape index (κ1) is 78.1. The van der Waals surface area contributed by atoms with Crippen LogP contribution in [0.1, 0.15) is 335 Å². The number of ether oxygens (including phenoxy) is 3. The third-order valence-corrected chi connectivity index (χ3v) is 15.0. The van der Waals surface area contributed by atoms with Gasteiger partial charge in [-0.3, -0.25) is 14.4 Å². The quantitative estimate of drug-likeness (QED) is 0.0261. The van der Waals surface area contributed by atoms with Crippen molar-refractivity contribution >= 4 is 17.9 Å². The standard InChI is InChI=1S/C76H130O6/c1-4-7-10-13-16-19-22-25-28-30-32-33-34-35-36-37-38-39-40-41-42-43-45-46-48-51-54-57-60-63-66-69-75(78)81-72-73(71-80-74(77)68-65-62-59-56-53-50-27-24-21-18-15-12-9-6-3)82-76(79)70-67-64-61-58-55-52-49-47-44-31-29-26-23-20-17-14-11-8-5-2/h7,10,16,19,24-29,32-33,35-36,38-39,41-42,73H,4-6,8-9,11-15,17-18,20-23,30-31,34,37,40,43-72H2,1-3H3/b10-7-,19-16-,27-24-,28-25-,29-26-,33-32-,36-35-,39-38-,42-41-. The van der Waals surface area contributed by atoms with Gasteiger partial charge in [0, 0.05) is 19.3 Å². The van der Waals surface area contributed by atoms with Gasteiger partial charge in [-0.05, 0) is 128 Å². The molecule has 6 nitrogen and oxygen atoms in total. The summed E-state index contributed by atoms with van der Waals surface area (Å²) in [7, 11) is 0. The summed E-state index contributed by atoms with van der Waals surface area (Å²) in [4.78, 5) is 38.4. The zero-order valence-electron chi connectivity index (χ0n) is 54.0. The fraction of sp³-hybridized carbons (Fsp3) is 0.724. The van der Waals surface area contributed by atoms with Crippen LogP contribution in [0.15, 0.2) is 109 Å². The highest BCUT2D eigenvalue weighted by Crippen LogP contribution is 2.16. The molecule has 0 rings (SSSR count). The Balaban J connectivity index is 4.31. The Morgan fingerprint density at radius 3 is 0.756 bits per heavy atom. The zero-order valence-corrected chi connectivity index (χ0v) is 54.0. The van der Waals surface area contributed by atoms with Crippen LogP contribution in [0, 0.1) is 0 Å². The highest BCUT2D eigenvalue weighted by molar-refractivity contribution is 5.71. The summed E-state index contributed by atoms with van der Waals surface area (Å²) in [5, 5.41) is 0. The van der Waals surface area contributed by atoms with E-state index < -0.39 is 6.10 Å². The molecular weight excluding hydrogens is 1010 g/mol. The monoisotopic (exact) mass is 1140 g/mol. The van der Waals surface area contributed by atoms with Crippen LogP contribution in [0.25, 0.3) is 0 Å². The van der Waals surface area contributed by atoms with Crippen molar-refractivity contribution in [2.75, 3.05) is 13.2 Å². The molecule has 6 heteroatoms. The number of unbranched alkanes of at least 4 members (excludes halogenated alkanes) is 34. The Bertz CT molecular complexity index is 1640. The van der Waals surface area contributed by atoms with Crippen LogP contribution in [0.5, 0.6) is 0 Å². The van der Waals surface area contributed by atoms with Gasteiger partial charge in [-0.2, -0.15) is 0 Å². The average molecular weight is 1140 g/mol. The largest absolute Gasteiger partial charge is 0.462 e. The van der Waals surface area contributed by atoms with E-state index in [2.05, 4.69) is 130 Å². The molecule has 0 saturated heterocycles. The second-order valence-corrected chi connectivity index (χ2v) is 23.1. The van der Waals surface area contributed by atoms with Crippen molar-refractivity contribution in [3.05, 3.63) is 109 Å². The highest BCUT2D eigenvalue weighted by Gasteiger charge is 2.19. The molecular formula is C76H130O6. The van der Waals surface area contributed by atoms with Gasteiger partial charge in [0.05, 0.1) is 0 Å². The normalized spacial score (nSPS) is 12.8. The van der Waals surface area contributed by atoms with Gasteiger partial charge < -0.3 is 14.2 Å². The number of allylic oxidation sites excluding steroid dienone is 18. The van der Waals surface area contributed by atoms with Gasteiger partial charge in [0.2, 0.25) is 0 Å². The minimum Gasteiger partial charge on any atom is -0.462 e. The zero-order chi connectivity index (χ0) is 59.2. The molecule has 0 heterocycles. The lowest BCUT2D eigenvalue weighted by Gasteiger charge is -2.18. The fourth-order valence-corrected chi connectivity index (χ4v) is 9.77. The lowest BCUT2D eigenvalue weighted by Crippen LogP contribution is -2.30. The number of esters is 3. The molecule has 1 atom stereocenters. The highest BCUT2D eigenvalue weighted by atomic mass is 16.6. The van der Waals surface area contributed by atoms with Crippen LogP contribution >= 0.6 is 0 Å². The lowest BCUT2D eigenvalue weighted by molar-refractivity contribution is -0.167. The van der Waals surface area contributed by atoms with E-state index >= 15 is 0 Å². The van der Waals surface area contributed by atoms with E-state index in [1.54, 1.807) is 0 Å². The second kappa shape index (κ2) is 69.6. The number of carbonyl (C=O) groups is 3. The maximum absolute atomic E-state index is 12.9. The SMILES string of the molecule is CC/C=C\C/C=C\C/C=C\C/C=C\C/C=C\C/C=C\C/C=C\CCCCCCCCCCCC(=O)OCC(COC(=O)CCCCCCC/C=C\CCCCCCC)OC(=O)CCCCCCCCCCC/C=C\CCCCCCCC. The summed E-state index contributed by atoms with van der Waals surface area (Å²) >= 11 is 0. The van der Waals surface area contributed by atoms with Crippen molar-refractivity contribution in [3.63, 3.8) is 0 Å². The van der Waals surface area contributed by atoms with Gasteiger partial charge in [0.1, 0.15) is 13.2 Å². The first-order valence-corrected chi connectivity index (χ1v) is 34.9. The minimum atomic E-state index is -0.787. The molecule has 0 aromatic heterocycles. The summed E-state index contributed by atoms with van der Waals surface area (Å²) in [5.74, 6) is -0.887. The molecule has 0 aliphatic carbocycles. The van der Waals surface area contributed by atoms with Crippen molar-refractivity contribution in [2.24, 2.45) is 0 Å². The van der Waals surface area contributed by atoms with Crippen molar-refractivity contribution in [1.29, 1.82) is 0 Å². The number of hydrogen-bond donors (Lipinski definition) is 0. The van der Waals surface area contributed by atoms with E-state index in [0.717, 1.165) is 116 Å². The molecule has 0 spiro atoms. The van der Waals surface area contributed by atoms with Crippen LogP contribution in [-0.4, -0.2) is 37.2 Å². The average Bonchev–Trinajstić information content (AvgIpc) is 3.47. The molecule has 0 fully saturated rings. The Kier molecular flexibility index (Phi) is 66.2. The maximum atomic E-state index is 12.9. The van der Waals surface area contributed by atoms with E-state index in [1.165, 1.54) is 180 Å². The molecule has 470 valence electrons. The molecule has 0 aromatic rings. The smallest absolute Gasteiger partial charge is 0.306 e. The summed E-state index contributed by atoms with van der Waals surface area (Å²) < 4.78 is 17.0. The topological polar surface area (TPSA) is 78.9 Å². The van der Waals surface area contributed by atoms with Crippen LogP contribution in [0.4, 0.5) is 0 Å². The summed E-state index contributed by atoms with van der Waals surface area (Å²) in [6.45, 7) is 6.53. The Labute approximate surface area is 508 Å². The van der Waals surface area contributed by atoms with Crippen LogP contribution in [0.2, 0.25) is 0 Å². The van der Waals surface area contributed by atoms with Crippen molar-refractivity contribution in [1.82, 2.24) is 0 Å². The molecule has 0 saturated carbocycles. The lowest BCUT2D eigenvalue weighted by atomic mass is 10.1. The van der Waals surface area contributed by atoms with Gasteiger partial charge in [0.15, 0.2) is 6.10 Å². The maximum Gasteiger partial charge on any atom is 0.306 e. The van der Waals surface area contributed by atoms with Crippen LogP contribution in [-0.2, 0) is 28.6 Å². The minimum absolute atomic E-state index is 0.0833. The molecule has 82 heavy (non-hydrogen) atoms. The molecule has 0 radical (unpaired) electrons. The van der Waals surface area contributed by atoms with Gasteiger partial charge in [-0.25, -0.2) is 0 Å². The van der Waals surface area contributed by atoms with Crippen molar-refractivity contribution in [2.45, 2.75) is 341 Å². The molecule has 0 amide bonds. The van der Waals surface area contributed by atoms with Gasteiger partial charge in [0.25, 0.3) is 0 Å². The molecule has 0 aliphatic heterocycles. The van der Waals surface area contributed by atoms with Crippen molar-refractivity contribution < 1.29 is 28.6 Å². The molecule has 1 unspecified atom stereocenters. The Morgan fingerprint density at radius 2 is 0.476 bits per heavy atom. The Morgan fingerprint density at radius 1 is 0.256 bits per heavy atom. The molecule has 0 N–H and O–H groups in total. The van der Waals surface area contributed by atoms with E-state index in [9.17, 15) is 14.4 Å². The summed E-state index contributed by atoms with van der Waals surface area (Å²) in [6.07, 6.45) is 95.3. The molecule has 0 aromatic carbocycles. The predicted octanol–water partition coefficient (Wildman–Crippen LogP) is 24.2. The third kappa shape index (κ3) is 66.9.